The highest BCUT2D eigenvalue weighted by atomic mass is 32.2. The molecule has 1 aromatic carbocycles. The van der Waals surface area contributed by atoms with Gasteiger partial charge >= 0.3 is 0 Å². The van der Waals surface area contributed by atoms with E-state index < -0.39 is 9.84 Å². The Morgan fingerprint density at radius 3 is 2.47 bits per heavy atom. The molecule has 0 amide bonds. The van der Waals surface area contributed by atoms with E-state index >= 15 is 0 Å². The second-order valence-corrected chi connectivity index (χ2v) is 5.75. The standard InChI is InChI=1S/C11H12N4O3S/c1-19(16,17)9-4-2-8(3-5-9)18-11-6-10(15-12)13-7-14-11/h2-7H,12H2,1H3,(H,13,14,15). The summed E-state index contributed by atoms with van der Waals surface area (Å²) in [7, 11) is -3.21. The van der Waals surface area contributed by atoms with Gasteiger partial charge in [-0.15, -0.1) is 0 Å². The first-order valence-electron chi connectivity index (χ1n) is 5.25. The van der Waals surface area contributed by atoms with Gasteiger partial charge in [-0.05, 0) is 24.3 Å². The Bertz CT molecular complexity index is 671. The molecule has 0 fully saturated rings. The van der Waals surface area contributed by atoms with E-state index in [0.717, 1.165) is 6.26 Å². The Balaban J connectivity index is 2.19. The largest absolute Gasteiger partial charge is 0.439 e. The van der Waals surface area contributed by atoms with Gasteiger partial charge in [0.05, 0.1) is 4.90 Å². The summed E-state index contributed by atoms with van der Waals surface area (Å²) in [5, 5.41) is 0. The van der Waals surface area contributed by atoms with Gasteiger partial charge in [0, 0.05) is 12.3 Å². The van der Waals surface area contributed by atoms with Crippen molar-refractivity contribution < 1.29 is 13.2 Å². The maximum Gasteiger partial charge on any atom is 0.224 e. The number of aromatic nitrogens is 2. The Hall–Kier alpha value is -2.19. The van der Waals surface area contributed by atoms with Gasteiger partial charge in [0.25, 0.3) is 0 Å². The van der Waals surface area contributed by atoms with Crippen LogP contribution in [0.4, 0.5) is 5.82 Å². The van der Waals surface area contributed by atoms with Crippen molar-refractivity contribution in [1.29, 1.82) is 0 Å². The molecule has 2 rings (SSSR count). The Morgan fingerprint density at radius 2 is 1.89 bits per heavy atom. The maximum absolute atomic E-state index is 11.3. The number of nitrogens with zero attached hydrogens (tertiary/aromatic N) is 2. The number of hydrazine groups is 1. The zero-order chi connectivity index (χ0) is 13.9. The lowest BCUT2D eigenvalue weighted by Gasteiger charge is -2.06. The van der Waals surface area contributed by atoms with Gasteiger partial charge in [-0.2, -0.15) is 0 Å². The molecule has 0 aliphatic carbocycles. The summed E-state index contributed by atoms with van der Waals surface area (Å²) in [5.41, 5.74) is 2.37. The molecule has 0 radical (unpaired) electrons. The summed E-state index contributed by atoms with van der Waals surface area (Å²) in [6.07, 6.45) is 2.45. The van der Waals surface area contributed by atoms with Crippen LogP contribution < -0.4 is 16.0 Å². The first-order chi connectivity index (χ1) is 8.99. The Morgan fingerprint density at radius 1 is 1.21 bits per heavy atom. The average Bonchev–Trinajstić information content (AvgIpc) is 2.38. The summed E-state index contributed by atoms with van der Waals surface area (Å²) in [5.74, 6) is 6.40. The summed E-state index contributed by atoms with van der Waals surface area (Å²) in [6.45, 7) is 0. The van der Waals surface area contributed by atoms with Gasteiger partial charge in [0.2, 0.25) is 5.88 Å². The lowest BCUT2D eigenvalue weighted by Crippen LogP contribution is -2.08. The highest BCUT2D eigenvalue weighted by Gasteiger charge is 2.07. The van der Waals surface area contributed by atoms with Crippen molar-refractivity contribution in [3.63, 3.8) is 0 Å². The molecule has 2 aromatic rings. The van der Waals surface area contributed by atoms with Gasteiger partial charge in [-0.1, -0.05) is 0 Å². The van der Waals surface area contributed by atoms with Crippen LogP contribution in [0.1, 0.15) is 0 Å². The van der Waals surface area contributed by atoms with E-state index in [1.807, 2.05) is 0 Å². The average molecular weight is 280 g/mol. The van der Waals surface area contributed by atoms with Crippen molar-refractivity contribution in [1.82, 2.24) is 9.97 Å². The number of sulfone groups is 1. The van der Waals surface area contributed by atoms with Crippen LogP contribution in [0.15, 0.2) is 41.6 Å². The smallest absolute Gasteiger partial charge is 0.224 e. The molecule has 0 saturated carbocycles. The number of hydrogen-bond acceptors (Lipinski definition) is 7. The number of hydrogen-bond donors (Lipinski definition) is 2. The van der Waals surface area contributed by atoms with Crippen LogP contribution in [-0.2, 0) is 9.84 Å². The van der Waals surface area contributed by atoms with E-state index in [2.05, 4.69) is 15.4 Å². The first-order valence-corrected chi connectivity index (χ1v) is 7.15. The molecular weight excluding hydrogens is 268 g/mol. The lowest BCUT2D eigenvalue weighted by molar-refractivity contribution is 0.461. The van der Waals surface area contributed by atoms with Gasteiger partial charge in [-0.25, -0.2) is 24.2 Å². The van der Waals surface area contributed by atoms with Crippen molar-refractivity contribution >= 4 is 15.7 Å². The van der Waals surface area contributed by atoms with Crippen LogP contribution in [0.2, 0.25) is 0 Å². The molecule has 0 atom stereocenters. The van der Waals surface area contributed by atoms with Crippen molar-refractivity contribution in [2.45, 2.75) is 4.90 Å². The zero-order valence-corrected chi connectivity index (χ0v) is 10.9. The topological polar surface area (TPSA) is 107 Å². The quantitative estimate of drug-likeness (QED) is 0.634. The molecule has 0 aliphatic heterocycles. The molecule has 1 heterocycles. The monoisotopic (exact) mass is 280 g/mol. The van der Waals surface area contributed by atoms with E-state index in [-0.39, 0.29) is 4.90 Å². The van der Waals surface area contributed by atoms with Crippen molar-refractivity contribution in [2.75, 3.05) is 11.7 Å². The molecule has 0 bridgehead atoms. The normalized spacial score (nSPS) is 11.1. The van der Waals surface area contributed by atoms with E-state index in [1.54, 1.807) is 12.1 Å². The maximum atomic E-state index is 11.3. The fourth-order valence-electron chi connectivity index (χ4n) is 1.35. The molecule has 7 nitrogen and oxygen atoms in total. The van der Waals surface area contributed by atoms with Crippen LogP contribution in [0.25, 0.3) is 0 Å². The van der Waals surface area contributed by atoms with Gasteiger partial charge in [0.1, 0.15) is 17.9 Å². The molecule has 0 aliphatic rings. The number of nitrogen functional groups attached to an aromatic ring is 1. The van der Waals surface area contributed by atoms with E-state index in [1.165, 1.54) is 24.5 Å². The number of ether oxygens (including phenoxy) is 1. The fourth-order valence-corrected chi connectivity index (χ4v) is 1.98. The summed E-state index contributed by atoms with van der Waals surface area (Å²) < 4.78 is 28.1. The molecule has 0 saturated heterocycles. The van der Waals surface area contributed by atoms with Crippen LogP contribution in [-0.4, -0.2) is 24.6 Å². The number of nitrogens with one attached hydrogen (secondary N) is 1. The third-order valence-corrected chi connectivity index (χ3v) is 3.39. The summed E-state index contributed by atoms with van der Waals surface area (Å²) >= 11 is 0. The third kappa shape index (κ3) is 3.39. The molecular formula is C11H12N4O3S. The summed E-state index contributed by atoms with van der Waals surface area (Å²) in [6, 6.07) is 7.55. The highest BCUT2D eigenvalue weighted by molar-refractivity contribution is 7.90. The fraction of sp³-hybridized carbons (Fsp3) is 0.0909. The second-order valence-electron chi connectivity index (χ2n) is 3.73. The SMILES string of the molecule is CS(=O)(=O)c1ccc(Oc2cc(NN)ncn2)cc1. The van der Waals surface area contributed by atoms with Gasteiger partial charge in [0.15, 0.2) is 9.84 Å². The van der Waals surface area contributed by atoms with E-state index in [9.17, 15) is 8.42 Å². The number of nitrogens with two attached hydrogens (primary N) is 1. The van der Waals surface area contributed by atoms with Crippen LogP contribution in [0, 0.1) is 0 Å². The van der Waals surface area contributed by atoms with Gasteiger partial charge < -0.3 is 10.2 Å². The Kier molecular flexibility index (Phi) is 3.63. The van der Waals surface area contributed by atoms with Crippen molar-refractivity contribution in [3.8, 4) is 11.6 Å². The predicted molar refractivity (Wildman–Crippen MR) is 69.5 cm³/mol. The minimum Gasteiger partial charge on any atom is -0.439 e. The molecule has 1 aromatic heterocycles. The predicted octanol–water partition coefficient (Wildman–Crippen LogP) is 0.958. The second kappa shape index (κ2) is 5.21. The molecule has 8 heteroatoms. The number of benzene rings is 1. The van der Waals surface area contributed by atoms with Crippen molar-refractivity contribution in [2.24, 2.45) is 5.84 Å². The minimum atomic E-state index is -3.21. The minimum absolute atomic E-state index is 0.229. The van der Waals surface area contributed by atoms with Crippen LogP contribution in [0.5, 0.6) is 11.6 Å². The Labute approximate surface area is 110 Å². The molecule has 100 valence electrons. The molecule has 0 unspecified atom stereocenters. The lowest BCUT2D eigenvalue weighted by atomic mass is 10.3. The highest BCUT2D eigenvalue weighted by Crippen LogP contribution is 2.22. The van der Waals surface area contributed by atoms with Gasteiger partial charge in [-0.3, -0.25) is 0 Å². The van der Waals surface area contributed by atoms with E-state index in [0.29, 0.717) is 17.4 Å². The molecule has 3 N–H and O–H groups in total. The number of rotatable bonds is 4. The van der Waals surface area contributed by atoms with Crippen LogP contribution in [0.3, 0.4) is 0 Å². The zero-order valence-electron chi connectivity index (χ0n) is 10.1. The molecule has 0 spiro atoms. The van der Waals surface area contributed by atoms with E-state index in [4.69, 9.17) is 10.6 Å². The van der Waals surface area contributed by atoms with Crippen LogP contribution >= 0.6 is 0 Å². The first kappa shape index (κ1) is 13.2. The third-order valence-electron chi connectivity index (χ3n) is 2.26. The summed E-state index contributed by atoms with van der Waals surface area (Å²) in [4.78, 5) is 7.97. The number of anilines is 1. The molecule has 19 heavy (non-hydrogen) atoms. The van der Waals surface area contributed by atoms with Crippen molar-refractivity contribution in [3.05, 3.63) is 36.7 Å².